The predicted octanol–water partition coefficient (Wildman–Crippen LogP) is 0.768. The molecule has 3 N–H and O–H groups in total. The van der Waals surface area contributed by atoms with E-state index in [-0.39, 0.29) is 18.8 Å². The molecule has 6 heteroatoms. The van der Waals surface area contributed by atoms with Gasteiger partial charge in [-0.05, 0) is 19.4 Å². The molecule has 0 aliphatic carbocycles. The van der Waals surface area contributed by atoms with Crippen molar-refractivity contribution in [3.05, 3.63) is 35.9 Å². The quantitative estimate of drug-likeness (QED) is 0.836. The Kier molecular flexibility index (Phi) is 4.49. The van der Waals surface area contributed by atoms with E-state index in [2.05, 4.69) is 0 Å². The van der Waals surface area contributed by atoms with Crippen LogP contribution in [-0.4, -0.2) is 48.1 Å². The third kappa shape index (κ3) is 3.17. The van der Waals surface area contributed by atoms with E-state index in [1.54, 1.807) is 0 Å². The van der Waals surface area contributed by atoms with Crippen LogP contribution >= 0.6 is 0 Å². The lowest BCUT2D eigenvalue weighted by molar-refractivity contribution is -0.239. The lowest BCUT2D eigenvalue weighted by Gasteiger charge is -2.26. The van der Waals surface area contributed by atoms with Gasteiger partial charge in [-0.3, -0.25) is 0 Å². The number of fused-ring (bicyclic) bond motifs is 1. The summed E-state index contributed by atoms with van der Waals surface area (Å²) in [5, 5.41) is 9.30. The standard InChI is InChI=1S/C16H23NO5/c1-16(2)21-13-12(11(17)8-18)20-15(14(13)22-16)19-9-10-6-4-3-5-7-10/h3-7,11-15,18H,8-9,17H2,1-2H3/t11-,12+,13-,14-,15+/m1/s1. The van der Waals surface area contributed by atoms with Gasteiger partial charge >= 0.3 is 0 Å². The maximum atomic E-state index is 9.30. The number of aliphatic hydroxyl groups excluding tert-OH is 1. The van der Waals surface area contributed by atoms with Gasteiger partial charge in [-0.2, -0.15) is 0 Å². The smallest absolute Gasteiger partial charge is 0.187 e. The van der Waals surface area contributed by atoms with Crippen LogP contribution < -0.4 is 5.73 Å². The van der Waals surface area contributed by atoms with Gasteiger partial charge in [-0.25, -0.2) is 0 Å². The zero-order chi connectivity index (χ0) is 15.7. The van der Waals surface area contributed by atoms with Crippen LogP contribution in [0.2, 0.25) is 0 Å². The summed E-state index contributed by atoms with van der Waals surface area (Å²) in [6, 6.07) is 9.31. The van der Waals surface area contributed by atoms with E-state index in [0.29, 0.717) is 6.61 Å². The topological polar surface area (TPSA) is 83.2 Å². The van der Waals surface area contributed by atoms with Crippen molar-refractivity contribution in [3.8, 4) is 0 Å². The van der Waals surface area contributed by atoms with E-state index in [0.717, 1.165) is 5.56 Å². The first kappa shape index (κ1) is 15.9. The minimum atomic E-state index is -0.707. The molecule has 122 valence electrons. The third-order valence-electron chi connectivity index (χ3n) is 3.94. The molecule has 2 fully saturated rings. The summed E-state index contributed by atoms with van der Waals surface area (Å²) in [6.45, 7) is 3.94. The van der Waals surface area contributed by atoms with Crippen LogP contribution in [0.15, 0.2) is 30.3 Å². The van der Waals surface area contributed by atoms with E-state index >= 15 is 0 Å². The molecule has 2 aliphatic rings. The molecule has 6 nitrogen and oxygen atoms in total. The highest BCUT2D eigenvalue weighted by Crippen LogP contribution is 2.40. The summed E-state index contributed by atoms with van der Waals surface area (Å²) < 4.78 is 23.5. The van der Waals surface area contributed by atoms with Gasteiger partial charge in [-0.15, -0.1) is 0 Å². The zero-order valence-corrected chi connectivity index (χ0v) is 12.8. The highest BCUT2D eigenvalue weighted by atomic mass is 16.8. The Labute approximate surface area is 130 Å². The van der Waals surface area contributed by atoms with Gasteiger partial charge in [-0.1, -0.05) is 30.3 Å². The van der Waals surface area contributed by atoms with Crippen LogP contribution in [0.25, 0.3) is 0 Å². The molecule has 2 aliphatic heterocycles. The molecule has 22 heavy (non-hydrogen) atoms. The minimum Gasteiger partial charge on any atom is -0.395 e. The first-order valence-corrected chi connectivity index (χ1v) is 7.53. The van der Waals surface area contributed by atoms with Gasteiger partial charge < -0.3 is 29.8 Å². The molecule has 5 atom stereocenters. The first-order chi connectivity index (χ1) is 10.5. The van der Waals surface area contributed by atoms with Gasteiger partial charge in [0, 0.05) is 0 Å². The maximum Gasteiger partial charge on any atom is 0.187 e. The molecular weight excluding hydrogens is 286 g/mol. The predicted molar refractivity (Wildman–Crippen MR) is 78.8 cm³/mol. The fourth-order valence-corrected chi connectivity index (χ4v) is 2.93. The molecule has 3 rings (SSSR count). The average Bonchev–Trinajstić information content (AvgIpc) is 2.99. The van der Waals surface area contributed by atoms with Gasteiger partial charge in [0.2, 0.25) is 0 Å². The summed E-state index contributed by atoms with van der Waals surface area (Å²) >= 11 is 0. The number of aliphatic hydroxyl groups is 1. The van der Waals surface area contributed by atoms with Crippen molar-refractivity contribution in [1.82, 2.24) is 0 Å². The van der Waals surface area contributed by atoms with Crippen molar-refractivity contribution in [3.63, 3.8) is 0 Å². The zero-order valence-electron chi connectivity index (χ0n) is 12.8. The molecule has 1 aromatic rings. The van der Waals surface area contributed by atoms with Gasteiger partial charge in [0.25, 0.3) is 0 Å². The Bertz CT molecular complexity index is 495. The van der Waals surface area contributed by atoms with E-state index in [9.17, 15) is 5.11 Å². The van der Waals surface area contributed by atoms with Crippen LogP contribution in [-0.2, 0) is 25.6 Å². The Morgan fingerprint density at radius 3 is 2.59 bits per heavy atom. The Morgan fingerprint density at radius 2 is 1.91 bits per heavy atom. The number of benzene rings is 1. The lowest BCUT2D eigenvalue weighted by atomic mass is 10.1. The van der Waals surface area contributed by atoms with Crippen molar-refractivity contribution in [2.75, 3.05) is 6.61 Å². The second kappa shape index (κ2) is 6.23. The number of ether oxygens (including phenoxy) is 4. The summed E-state index contributed by atoms with van der Waals surface area (Å²) in [5.41, 5.74) is 6.98. The Balaban J connectivity index is 1.69. The second-order valence-corrected chi connectivity index (χ2v) is 6.18. The number of nitrogens with two attached hydrogens (primary N) is 1. The fourth-order valence-electron chi connectivity index (χ4n) is 2.93. The van der Waals surface area contributed by atoms with Gasteiger partial charge in [0.05, 0.1) is 19.3 Å². The average molecular weight is 309 g/mol. The molecule has 0 amide bonds. The van der Waals surface area contributed by atoms with Crippen molar-refractivity contribution in [1.29, 1.82) is 0 Å². The van der Waals surface area contributed by atoms with E-state index in [1.807, 2.05) is 44.2 Å². The molecule has 0 aromatic heterocycles. The summed E-state index contributed by atoms with van der Waals surface area (Å²) in [5.74, 6) is -0.707. The first-order valence-electron chi connectivity index (χ1n) is 7.53. The lowest BCUT2D eigenvalue weighted by Crippen LogP contribution is -2.45. The van der Waals surface area contributed by atoms with Crippen molar-refractivity contribution in [2.24, 2.45) is 5.73 Å². The Morgan fingerprint density at radius 1 is 1.23 bits per heavy atom. The highest BCUT2D eigenvalue weighted by molar-refractivity contribution is 5.13. The van der Waals surface area contributed by atoms with Crippen molar-refractivity contribution >= 4 is 0 Å². The fraction of sp³-hybridized carbons (Fsp3) is 0.625. The number of hydrogen-bond acceptors (Lipinski definition) is 6. The molecule has 2 heterocycles. The van der Waals surface area contributed by atoms with Crippen molar-refractivity contribution in [2.45, 2.75) is 56.9 Å². The third-order valence-corrected chi connectivity index (χ3v) is 3.94. The van der Waals surface area contributed by atoms with Gasteiger partial charge in [0.15, 0.2) is 12.1 Å². The molecule has 0 unspecified atom stereocenters. The Hall–Kier alpha value is -1.02. The number of rotatable bonds is 5. The second-order valence-electron chi connectivity index (χ2n) is 6.18. The molecule has 2 saturated heterocycles. The largest absolute Gasteiger partial charge is 0.395 e. The molecule has 0 radical (unpaired) electrons. The van der Waals surface area contributed by atoms with E-state index < -0.39 is 24.2 Å². The maximum absolute atomic E-state index is 9.30. The summed E-state index contributed by atoms with van der Waals surface area (Å²) in [6.07, 6.45) is -1.69. The van der Waals surface area contributed by atoms with Crippen LogP contribution in [0.1, 0.15) is 19.4 Å². The molecular formula is C16H23NO5. The monoisotopic (exact) mass is 309 g/mol. The van der Waals surface area contributed by atoms with Crippen LogP contribution in [0.3, 0.4) is 0 Å². The molecule has 0 saturated carbocycles. The molecule has 1 aromatic carbocycles. The minimum absolute atomic E-state index is 0.177. The van der Waals surface area contributed by atoms with Crippen LogP contribution in [0.5, 0.6) is 0 Å². The highest BCUT2D eigenvalue weighted by Gasteiger charge is 2.57. The normalized spacial score (nSPS) is 34.5. The van der Waals surface area contributed by atoms with E-state index in [4.69, 9.17) is 24.7 Å². The number of hydrogen-bond donors (Lipinski definition) is 2. The SMILES string of the molecule is CC1(C)O[C@@H]2[C@H]([C@H](N)CO)O[C@H](OCc3ccccc3)[C@@H]2O1. The van der Waals surface area contributed by atoms with Gasteiger partial charge in [0.1, 0.15) is 18.3 Å². The van der Waals surface area contributed by atoms with E-state index in [1.165, 1.54) is 0 Å². The summed E-state index contributed by atoms with van der Waals surface area (Å²) in [4.78, 5) is 0. The molecule has 0 spiro atoms. The van der Waals surface area contributed by atoms with Crippen molar-refractivity contribution < 1.29 is 24.1 Å². The van der Waals surface area contributed by atoms with Crippen LogP contribution in [0, 0.1) is 0 Å². The van der Waals surface area contributed by atoms with Crippen LogP contribution in [0.4, 0.5) is 0 Å². The summed E-state index contributed by atoms with van der Waals surface area (Å²) in [7, 11) is 0. The molecule has 0 bridgehead atoms.